The van der Waals surface area contributed by atoms with Crippen molar-refractivity contribution in [3.05, 3.63) is 59.7 Å². The molecular weight excluding hydrogens is 616 g/mol. The SMILES string of the molecule is CCCCN1C(=O)[C@@H]([C@H](O)C2CCCCC2)NC(=O)C12CCN(Cc1ccc(Oc3ccc(C(=O)NCC4CC4)cc3)cc1)CC2.Cl. The van der Waals surface area contributed by atoms with Crippen LogP contribution in [0.25, 0.3) is 0 Å². The molecule has 3 amide bonds. The summed E-state index contributed by atoms with van der Waals surface area (Å²) in [5.41, 5.74) is 0.928. The van der Waals surface area contributed by atoms with Crippen molar-refractivity contribution in [3.8, 4) is 11.5 Å². The van der Waals surface area contributed by atoms with Gasteiger partial charge in [-0.3, -0.25) is 19.3 Å². The molecule has 2 aliphatic heterocycles. The minimum atomic E-state index is -0.851. The third-order valence-electron chi connectivity index (χ3n) is 10.6. The monoisotopic (exact) mass is 666 g/mol. The molecule has 10 heteroatoms. The van der Waals surface area contributed by atoms with Gasteiger partial charge in [-0.05, 0) is 98.7 Å². The zero-order valence-corrected chi connectivity index (χ0v) is 28.4. The highest BCUT2D eigenvalue weighted by Gasteiger charge is 2.55. The first-order chi connectivity index (χ1) is 22.4. The van der Waals surface area contributed by atoms with Gasteiger partial charge in [-0.25, -0.2) is 0 Å². The number of halogens is 1. The van der Waals surface area contributed by atoms with Crippen LogP contribution in [0.1, 0.15) is 93.5 Å². The number of nitrogens with one attached hydrogen (secondary N) is 2. The van der Waals surface area contributed by atoms with Gasteiger partial charge in [-0.2, -0.15) is 0 Å². The summed E-state index contributed by atoms with van der Waals surface area (Å²) in [6.07, 6.45) is 9.66. The van der Waals surface area contributed by atoms with Crippen LogP contribution >= 0.6 is 12.4 Å². The summed E-state index contributed by atoms with van der Waals surface area (Å²) in [5.74, 6) is 1.85. The number of carbonyl (C=O) groups is 3. The Labute approximate surface area is 285 Å². The third kappa shape index (κ3) is 8.30. The van der Waals surface area contributed by atoms with Crippen LogP contribution in [-0.4, -0.2) is 76.5 Å². The van der Waals surface area contributed by atoms with Crippen LogP contribution in [0.15, 0.2) is 48.5 Å². The second-order valence-electron chi connectivity index (χ2n) is 13.9. The predicted octanol–water partition coefficient (Wildman–Crippen LogP) is 5.44. The molecule has 6 rings (SSSR count). The number of rotatable bonds is 12. The number of aliphatic hydroxyl groups is 1. The maximum atomic E-state index is 13.9. The topological polar surface area (TPSA) is 111 Å². The fourth-order valence-electron chi connectivity index (χ4n) is 7.43. The zero-order valence-electron chi connectivity index (χ0n) is 27.6. The minimum Gasteiger partial charge on any atom is -0.457 e. The fourth-order valence-corrected chi connectivity index (χ4v) is 7.43. The van der Waals surface area contributed by atoms with E-state index in [0.29, 0.717) is 49.7 Å². The highest BCUT2D eigenvalue weighted by Crippen LogP contribution is 2.37. The lowest BCUT2D eigenvalue weighted by atomic mass is 9.78. The molecule has 0 unspecified atom stereocenters. The van der Waals surface area contributed by atoms with Gasteiger partial charge in [0.25, 0.3) is 5.91 Å². The lowest BCUT2D eigenvalue weighted by molar-refractivity contribution is -0.166. The highest BCUT2D eigenvalue weighted by molar-refractivity contribution is 6.00. The van der Waals surface area contributed by atoms with Crippen LogP contribution in [0, 0.1) is 11.8 Å². The number of unbranched alkanes of at least 4 members (excludes halogenated alkanes) is 1. The number of aliphatic hydroxyl groups excluding tert-OH is 1. The van der Waals surface area contributed by atoms with Gasteiger partial charge in [-0.15, -0.1) is 12.4 Å². The number of benzene rings is 2. The number of hydrogen-bond acceptors (Lipinski definition) is 6. The van der Waals surface area contributed by atoms with Crippen LogP contribution in [0.4, 0.5) is 0 Å². The van der Waals surface area contributed by atoms with Gasteiger partial charge in [-0.1, -0.05) is 44.7 Å². The van der Waals surface area contributed by atoms with E-state index in [1.165, 1.54) is 19.3 Å². The molecule has 2 heterocycles. The number of piperazine rings is 1. The van der Waals surface area contributed by atoms with Crippen molar-refractivity contribution >= 4 is 30.1 Å². The molecule has 4 fully saturated rings. The van der Waals surface area contributed by atoms with Crippen molar-refractivity contribution in [2.75, 3.05) is 26.2 Å². The highest BCUT2D eigenvalue weighted by atomic mass is 35.5. The van der Waals surface area contributed by atoms with Gasteiger partial charge in [0, 0.05) is 38.3 Å². The largest absolute Gasteiger partial charge is 0.457 e. The molecule has 2 aromatic carbocycles. The van der Waals surface area contributed by atoms with Crippen LogP contribution in [-0.2, 0) is 16.1 Å². The minimum absolute atomic E-state index is 0. The van der Waals surface area contributed by atoms with Crippen LogP contribution in [0.3, 0.4) is 0 Å². The first kappa shape index (κ1) is 35.2. The van der Waals surface area contributed by atoms with Gasteiger partial charge in [0.1, 0.15) is 23.1 Å². The zero-order chi connectivity index (χ0) is 32.1. The lowest BCUT2D eigenvalue weighted by Gasteiger charge is -2.52. The van der Waals surface area contributed by atoms with E-state index in [2.05, 4.69) is 34.6 Å². The number of likely N-dealkylation sites (tertiary alicyclic amines) is 1. The Morgan fingerprint density at radius 2 is 1.62 bits per heavy atom. The van der Waals surface area contributed by atoms with E-state index in [0.717, 1.165) is 62.9 Å². The Morgan fingerprint density at radius 3 is 2.23 bits per heavy atom. The third-order valence-corrected chi connectivity index (χ3v) is 10.6. The molecule has 47 heavy (non-hydrogen) atoms. The van der Waals surface area contributed by atoms with E-state index >= 15 is 0 Å². The summed E-state index contributed by atoms with van der Waals surface area (Å²) in [5, 5.41) is 17.2. The predicted molar refractivity (Wildman–Crippen MR) is 184 cm³/mol. The number of amides is 3. The molecule has 0 radical (unpaired) electrons. The van der Waals surface area contributed by atoms with Gasteiger partial charge < -0.3 is 25.4 Å². The summed E-state index contributed by atoms with van der Waals surface area (Å²) in [4.78, 5) is 44.1. The van der Waals surface area contributed by atoms with E-state index in [4.69, 9.17) is 4.74 Å². The summed E-state index contributed by atoms with van der Waals surface area (Å²) in [6, 6.07) is 14.4. The number of carbonyl (C=O) groups excluding carboxylic acids is 3. The number of piperidine rings is 1. The number of hydrogen-bond donors (Lipinski definition) is 3. The summed E-state index contributed by atoms with van der Waals surface area (Å²) in [6.45, 7) is 5.56. The van der Waals surface area contributed by atoms with E-state index < -0.39 is 17.7 Å². The number of ether oxygens (including phenoxy) is 1. The molecule has 4 aliphatic rings. The molecule has 2 atom stereocenters. The lowest BCUT2D eigenvalue weighted by Crippen LogP contribution is -2.75. The molecule has 0 aromatic heterocycles. The van der Waals surface area contributed by atoms with Crippen molar-refractivity contribution in [3.63, 3.8) is 0 Å². The normalized spacial score (nSPS) is 22.3. The fraction of sp³-hybridized carbons (Fsp3) is 0.595. The van der Waals surface area contributed by atoms with E-state index in [1.54, 1.807) is 12.1 Å². The quantitative estimate of drug-likeness (QED) is 0.278. The van der Waals surface area contributed by atoms with Crippen LogP contribution in [0.2, 0.25) is 0 Å². The van der Waals surface area contributed by atoms with Crippen molar-refractivity contribution in [1.82, 2.24) is 20.4 Å². The van der Waals surface area contributed by atoms with E-state index in [9.17, 15) is 19.5 Å². The van der Waals surface area contributed by atoms with Crippen molar-refractivity contribution in [2.24, 2.45) is 11.8 Å². The maximum Gasteiger partial charge on any atom is 0.251 e. The standard InChI is InChI=1S/C37H50N4O5.ClH/c1-2-3-21-41-35(44)32(33(42)28-7-5-4-6-8-28)39-36(45)37(41)19-22-40(23-20-37)25-27-11-15-30(16-12-27)46-31-17-13-29(14-18-31)34(43)38-24-26-9-10-26;/h11-18,26,28,32-33,42H,2-10,19-25H2,1H3,(H,38,43)(H,39,45);1H/t32-,33-;/m1./s1. The summed E-state index contributed by atoms with van der Waals surface area (Å²) >= 11 is 0. The van der Waals surface area contributed by atoms with Crippen molar-refractivity contribution in [2.45, 2.75) is 102 Å². The first-order valence-corrected chi connectivity index (χ1v) is 17.5. The molecule has 1 spiro atoms. The smallest absolute Gasteiger partial charge is 0.251 e. The van der Waals surface area contributed by atoms with E-state index in [1.807, 2.05) is 29.2 Å². The Bertz CT molecular complexity index is 1350. The Hall–Kier alpha value is -3.14. The summed E-state index contributed by atoms with van der Waals surface area (Å²) in [7, 11) is 0. The second kappa shape index (κ2) is 15.8. The van der Waals surface area contributed by atoms with Crippen LogP contribution in [0.5, 0.6) is 11.5 Å². The van der Waals surface area contributed by atoms with Gasteiger partial charge >= 0.3 is 0 Å². The van der Waals surface area contributed by atoms with Gasteiger partial charge in [0.2, 0.25) is 11.8 Å². The summed E-state index contributed by atoms with van der Waals surface area (Å²) < 4.78 is 6.03. The average molecular weight is 667 g/mol. The maximum absolute atomic E-state index is 13.9. The molecular formula is C37H51ClN4O5. The van der Waals surface area contributed by atoms with Crippen LogP contribution < -0.4 is 15.4 Å². The van der Waals surface area contributed by atoms with Crippen molar-refractivity contribution in [1.29, 1.82) is 0 Å². The Balaban J connectivity index is 0.00000433. The second-order valence-corrected chi connectivity index (χ2v) is 13.9. The average Bonchev–Trinajstić information content (AvgIpc) is 3.92. The van der Waals surface area contributed by atoms with Crippen molar-refractivity contribution < 1.29 is 24.2 Å². The molecule has 0 bridgehead atoms. The molecule has 2 aliphatic carbocycles. The molecule has 2 aromatic rings. The molecule has 9 nitrogen and oxygen atoms in total. The van der Waals surface area contributed by atoms with E-state index in [-0.39, 0.29) is 36.0 Å². The van der Waals surface area contributed by atoms with Gasteiger partial charge in [0.05, 0.1) is 6.10 Å². The van der Waals surface area contributed by atoms with Gasteiger partial charge in [0.15, 0.2) is 0 Å². The molecule has 2 saturated heterocycles. The molecule has 2 saturated carbocycles. The molecule has 256 valence electrons. The first-order valence-electron chi connectivity index (χ1n) is 17.5. The number of nitrogens with zero attached hydrogens (tertiary/aromatic N) is 2. The Morgan fingerprint density at radius 1 is 0.979 bits per heavy atom. The Kier molecular flexibility index (Phi) is 11.9. The molecule has 3 N–H and O–H groups in total.